The van der Waals surface area contributed by atoms with Crippen LogP contribution in [-0.2, 0) is 11.2 Å². The van der Waals surface area contributed by atoms with Gasteiger partial charge < -0.3 is 24.4 Å². The number of hydrogen-bond donors (Lipinski definition) is 1. The highest BCUT2D eigenvalue weighted by atomic mass is 35.5. The molecule has 9 nitrogen and oxygen atoms in total. The van der Waals surface area contributed by atoms with Crippen molar-refractivity contribution in [3.8, 4) is 0 Å². The minimum Gasteiger partial charge on any atom is -0.451 e. The average molecular weight is 662 g/mol. The second-order valence-corrected chi connectivity index (χ2v) is 12.5. The van der Waals surface area contributed by atoms with E-state index in [9.17, 15) is 19.2 Å². The molecule has 4 aromatic rings. The maximum atomic E-state index is 14.0. The van der Waals surface area contributed by atoms with Gasteiger partial charge in [-0.3, -0.25) is 19.2 Å². The highest BCUT2D eigenvalue weighted by Crippen LogP contribution is 2.25. The number of rotatable bonds is 7. The van der Waals surface area contributed by atoms with Gasteiger partial charge in [0.25, 0.3) is 11.8 Å². The zero-order valence-corrected chi connectivity index (χ0v) is 26.7. The lowest BCUT2D eigenvalue weighted by atomic mass is 10.0. The number of para-hydroxylation sites is 1. The number of likely N-dealkylation sites (tertiary alicyclic amines) is 1. The van der Waals surface area contributed by atoms with Gasteiger partial charge in [-0.25, -0.2) is 0 Å². The number of carbonyl (C=O) groups excluding carboxylic acids is 3. The lowest BCUT2D eigenvalue weighted by molar-refractivity contribution is -0.133. The third-order valence-electron chi connectivity index (χ3n) is 8.58. The number of nitrogens with one attached hydrogen (secondary N) is 1. The molecule has 1 aromatic heterocycles. The molecule has 2 aliphatic heterocycles. The average Bonchev–Trinajstić information content (AvgIpc) is 3.09. The summed E-state index contributed by atoms with van der Waals surface area (Å²) in [6.07, 6.45) is 3.39. The number of amides is 3. The van der Waals surface area contributed by atoms with E-state index >= 15 is 0 Å². The van der Waals surface area contributed by atoms with E-state index in [-0.39, 0.29) is 35.0 Å². The first-order valence-corrected chi connectivity index (χ1v) is 16.2. The Bertz CT molecular complexity index is 1810. The molecule has 3 amide bonds. The largest absolute Gasteiger partial charge is 0.451 e. The molecule has 46 heavy (non-hydrogen) atoms. The molecule has 6 rings (SSSR count). The lowest BCUT2D eigenvalue weighted by Gasteiger charge is -2.38. The molecule has 1 atom stereocenters. The van der Waals surface area contributed by atoms with Crippen LogP contribution in [-0.4, -0.2) is 72.8 Å². The molecule has 2 saturated heterocycles. The van der Waals surface area contributed by atoms with Crippen molar-refractivity contribution in [3.05, 3.63) is 110 Å². The number of fused-ring (bicyclic) bond motifs is 1. The van der Waals surface area contributed by atoms with Crippen LogP contribution in [0, 0.1) is 0 Å². The van der Waals surface area contributed by atoms with E-state index in [1.165, 1.54) is 12.1 Å². The summed E-state index contributed by atoms with van der Waals surface area (Å²) in [5.41, 5.74) is 2.16. The monoisotopic (exact) mass is 660 g/mol. The van der Waals surface area contributed by atoms with Crippen LogP contribution in [0.1, 0.15) is 45.7 Å². The first-order chi connectivity index (χ1) is 22.3. The van der Waals surface area contributed by atoms with E-state index in [2.05, 4.69) is 10.2 Å². The Labute approximate surface area is 276 Å². The van der Waals surface area contributed by atoms with Crippen LogP contribution in [0.2, 0.25) is 10.0 Å². The fourth-order valence-corrected chi connectivity index (χ4v) is 6.41. The van der Waals surface area contributed by atoms with Gasteiger partial charge >= 0.3 is 0 Å². The number of nitrogens with zero attached hydrogens (tertiary/aromatic N) is 3. The summed E-state index contributed by atoms with van der Waals surface area (Å²) in [6, 6.07) is 19.5. The summed E-state index contributed by atoms with van der Waals surface area (Å²) in [6.45, 7) is 3.41. The number of carbonyl (C=O) groups is 3. The topological polar surface area (TPSA) is 103 Å². The van der Waals surface area contributed by atoms with Crippen LogP contribution in [0.4, 0.5) is 5.69 Å². The predicted molar refractivity (Wildman–Crippen MR) is 179 cm³/mol. The fourth-order valence-electron chi connectivity index (χ4n) is 6.11. The highest BCUT2D eigenvalue weighted by Gasteiger charge is 2.31. The van der Waals surface area contributed by atoms with Crippen LogP contribution in [0.25, 0.3) is 11.0 Å². The number of anilines is 1. The number of piperidine rings is 1. The van der Waals surface area contributed by atoms with E-state index in [0.29, 0.717) is 41.8 Å². The van der Waals surface area contributed by atoms with Crippen LogP contribution in [0.15, 0.2) is 82.0 Å². The predicted octanol–water partition coefficient (Wildman–Crippen LogP) is 5.42. The molecule has 0 radical (unpaired) electrons. The van der Waals surface area contributed by atoms with Gasteiger partial charge in [0.2, 0.25) is 5.91 Å². The van der Waals surface area contributed by atoms with Crippen molar-refractivity contribution in [2.45, 2.75) is 31.7 Å². The molecule has 3 aromatic carbocycles. The molecule has 0 aliphatic carbocycles. The van der Waals surface area contributed by atoms with E-state index < -0.39 is 17.4 Å². The van der Waals surface area contributed by atoms with Gasteiger partial charge in [0, 0.05) is 67.5 Å². The van der Waals surface area contributed by atoms with Crippen molar-refractivity contribution in [3.63, 3.8) is 0 Å². The van der Waals surface area contributed by atoms with E-state index in [1.807, 2.05) is 41.3 Å². The molecule has 0 unspecified atom stereocenters. The van der Waals surface area contributed by atoms with Crippen LogP contribution in [0.3, 0.4) is 0 Å². The van der Waals surface area contributed by atoms with Gasteiger partial charge in [0.15, 0.2) is 11.2 Å². The zero-order valence-electron chi connectivity index (χ0n) is 25.2. The van der Waals surface area contributed by atoms with Crippen LogP contribution < -0.4 is 15.6 Å². The van der Waals surface area contributed by atoms with E-state index in [1.54, 1.807) is 23.1 Å². The van der Waals surface area contributed by atoms with Crippen LogP contribution in [0.5, 0.6) is 0 Å². The van der Waals surface area contributed by atoms with Crippen LogP contribution >= 0.6 is 23.2 Å². The number of piperazine rings is 1. The Balaban J connectivity index is 1.19. The molecule has 3 heterocycles. The number of hydrogen-bond acceptors (Lipinski definition) is 6. The van der Waals surface area contributed by atoms with Crippen molar-refractivity contribution in [2.75, 3.05) is 44.2 Å². The smallest absolute Gasteiger partial charge is 0.287 e. The Morgan fingerprint density at radius 3 is 2.22 bits per heavy atom. The van der Waals surface area contributed by atoms with E-state index in [0.717, 1.165) is 49.7 Å². The quantitative estimate of drug-likeness (QED) is 0.284. The Kier molecular flexibility index (Phi) is 9.61. The lowest BCUT2D eigenvalue weighted by Crippen LogP contribution is -2.56. The van der Waals surface area contributed by atoms with Crippen molar-refractivity contribution in [1.29, 1.82) is 0 Å². The number of halogens is 2. The summed E-state index contributed by atoms with van der Waals surface area (Å²) >= 11 is 12.1. The first-order valence-electron chi connectivity index (χ1n) is 15.5. The van der Waals surface area contributed by atoms with Gasteiger partial charge in [-0.05, 0) is 67.3 Å². The fraction of sp³-hybridized carbons (Fsp3) is 0.314. The summed E-state index contributed by atoms with van der Waals surface area (Å²) in [7, 11) is 0. The highest BCUT2D eigenvalue weighted by molar-refractivity contribution is 6.31. The standard InChI is InChI=1S/C35H34Cl2N4O5/c36-24-10-8-23(9-11-24)20-28(38-33(43)32-22-30(42)27-21-25(37)12-13-31(27)46-32)35(45)41-18-16-39(17-19-41)29-7-3-2-6-26(29)34(44)40-14-4-1-5-15-40/h2-3,6-13,21-22,28H,1,4-5,14-20H2,(H,38,43)/t28-/m1/s1. The number of benzene rings is 3. The van der Waals surface area contributed by atoms with E-state index in [4.69, 9.17) is 27.6 Å². The summed E-state index contributed by atoms with van der Waals surface area (Å²) in [4.78, 5) is 59.3. The van der Waals surface area contributed by atoms with Gasteiger partial charge in [-0.15, -0.1) is 0 Å². The minimum atomic E-state index is -0.931. The molecule has 2 fully saturated rings. The molecular formula is C35H34Cl2N4O5. The second kappa shape index (κ2) is 14.0. The van der Waals surface area contributed by atoms with Crippen molar-refractivity contribution in [2.24, 2.45) is 0 Å². The van der Waals surface area contributed by atoms with Crippen molar-refractivity contribution >= 4 is 57.6 Å². The first kappa shape index (κ1) is 31.6. The normalized spacial score (nSPS) is 15.9. The minimum absolute atomic E-state index is 0.0444. The molecule has 1 N–H and O–H groups in total. The maximum Gasteiger partial charge on any atom is 0.287 e. The summed E-state index contributed by atoms with van der Waals surface area (Å²) in [5.74, 6) is -1.09. The second-order valence-electron chi connectivity index (χ2n) is 11.7. The SMILES string of the molecule is O=C(N[C@H](Cc1ccc(Cl)cc1)C(=O)N1CCN(c2ccccc2C(=O)N2CCCCC2)CC1)c1cc(=O)c2cc(Cl)ccc2o1. The van der Waals surface area contributed by atoms with Crippen molar-refractivity contribution in [1.82, 2.24) is 15.1 Å². The summed E-state index contributed by atoms with van der Waals surface area (Å²) < 4.78 is 5.74. The molecule has 0 saturated carbocycles. The molecule has 0 spiro atoms. The molecule has 238 valence electrons. The third-order valence-corrected chi connectivity index (χ3v) is 9.07. The van der Waals surface area contributed by atoms with Gasteiger partial charge in [0.05, 0.1) is 10.9 Å². The molecule has 2 aliphatic rings. The Morgan fingerprint density at radius 1 is 0.783 bits per heavy atom. The van der Waals surface area contributed by atoms with Crippen molar-refractivity contribution < 1.29 is 18.8 Å². The Morgan fingerprint density at radius 2 is 1.48 bits per heavy atom. The Hall–Kier alpha value is -4.34. The zero-order chi connectivity index (χ0) is 32.2. The maximum absolute atomic E-state index is 14.0. The van der Waals surface area contributed by atoms with Gasteiger partial charge in [-0.2, -0.15) is 0 Å². The van der Waals surface area contributed by atoms with Gasteiger partial charge in [0.1, 0.15) is 11.6 Å². The van der Waals surface area contributed by atoms with Gasteiger partial charge in [-0.1, -0.05) is 47.5 Å². The molecule has 0 bridgehead atoms. The third kappa shape index (κ3) is 7.06. The molecular weight excluding hydrogens is 627 g/mol. The summed E-state index contributed by atoms with van der Waals surface area (Å²) in [5, 5.41) is 4.01. The molecule has 11 heteroatoms.